The second kappa shape index (κ2) is 10.5. The van der Waals surface area contributed by atoms with Gasteiger partial charge in [0.05, 0.1) is 17.5 Å². The minimum Gasteiger partial charge on any atom is -0.479 e. The van der Waals surface area contributed by atoms with Gasteiger partial charge in [-0.3, -0.25) is 14.6 Å². The maximum absolute atomic E-state index is 13.6. The van der Waals surface area contributed by atoms with E-state index in [1.54, 1.807) is 31.5 Å². The Morgan fingerprint density at radius 2 is 1.89 bits per heavy atom. The fourth-order valence-corrected chi connectivity index (χ4v) is 4.98. The zero-order chi connectivity index (χ0) is 27.7. The van der Waals surface area contributed by atoms with Crippen LogP contribution in [0, 0.1) is 5.92 Å². The number of amides is 2. The number of benzene rings is 1. The van der Waals surface area contributed by atoms with Gasteiger partial charge in [-0.05, 0) is 48.1 Å². The van der Waals surface area contributed by atoms with Crippen LogP contribution >= 0.6 is 0 Å². The highest BCUT2D eigenvalue weighted by Crippen LogP contribution is 2.40. The van der Waals surface area contributed by atoms with Gasteiger partial charge in [-0.25, -0.2) is 4.79 Å². The normalized spacial score (nSPS) is 18.9. The number of carbonyl (C=O) groups is 3. The zero-order valence-corrected chi connectivity index (χ0v) is 21.0. The molecule has 4 rings (SSSR count). The Hall–Kier alpha value is -3.89. The number of para-hydroxylation sites is 1. The second-order valence-corrected chi connectivity index (χ2v) is 9.82. The van der Waals surface area contributed by atoms with Crippen molar-refractivity contribution in [3.8, 4) is 0 Å². The summed E-state index contributed by atoms with van der Waals surface area (Å²) in [5.74, 6) is -2.64. The fourth-order valence-electron chi connectivity index (χ4n) is 4.98. The second-order valence-electron chi connectivity index (χ2n) is 9.82. The molecule has 1 unspecified atom stereocenters. The van der Waals surface area contributed by atoms with Gasteiger partial charge < -0.3 is 20.7 Å². The van der Waals surface area contributed by atoms with E-state index >= 15 is 0 Å². The number of aliphatic carboxylic acids is 1. The van der Waals surface area contributed by atoms with Crippen molar-refractivity contribution in [1.82, 2.24) is 20.6 Å². The summed E-state index contributed by atoms with van der Waals surface area (Å²) in [5, 5.41) is 15.9. The largest absolute Gasteiger partial charge is 0.479 e. The predicted molar refractivity (Wildman–Crippen MR) is 133 cm³/mol. The number of hydrogen-bond acceptors (Lipinski definition) is 4. The van der Waals surface area contributed by atoms with Gasteiger partial charge in [-0.15, -0.1) is 0 Å². The number of nitrogens with zero attached hydrogens (tertiary/aromatic N) is 1. The van der Waals surface area contributed by atoms with Crippen LogP contribution in [0.25, 0.3) is 10.9 Å². The average Bonchev–Trinajstić information content (AvgIpc) is 3.24. The van der Waals surface area contributed by atoms with Crippen molar-refractivity contribution in [3.63, 3.8) is 0 Å². The van der Waals surface area contributed by atoms with Crippen molar-refractivity contribution in [1.29, 1.82) is 0 Å². The number of carboxylic acids is 1. The number of aryl methyl sites for hydroxylation is 1. The molecule has 2 amide bonds. The summed E-state index contributed by atoms with van der Waals surface area (Å²) in [6.07, 6.45) is -0.987. The quantitative estimate of drug-likeness (QED) is 0.353. The summed E-state index contributed by atoms with van der Waals surface area (Å²) in [4.78, 5) is 45.4. The lowest BCUT2D eigenvalue weighted by molar-refractivity contribution is -0.149. The average molecular weight is 531 g/mol. The van der Waals surface area contributed by atoms with Crippen LogP contribution in [0.5, 0.6) is 0 Å². The minimum absolute atomic E-state index is 0.0204. The van der Waals surface area contributed by atoms with Crippen LogP contribution in [0.2, 0.25) is 0 Å². The third-order valence-electron chi connectivity index (χ3n) is 7.31. The fraction of sp³-hybridized carbons (Fsp3) is 0.407. The number of aromatic amines is 1. The van der Waals surface area contributed by atoms with E-state index in [4.69, 9.17) is 0 Å². The van der Waals surface area contributed by atoms with Crippen molar-refractivity contribution in [3.05, 3.63) is 65.1 Å². The summed E-state index contributed by atoms with van der Waals surface area (Å²) in [6, 6.07) is 6.14. The van der Waals surface area contributed by atoms with Gasteiger partial charge in [0.2, 0.25) is 11.8 Å². The molecule has 3 aromatic rings. The molecule has 0 bridgehead atoms. The van der Waals surface area contributed by atoms with E-state index in [1.165, 1.54) is 12.1 Å². The molecule has 0 aliphatic heterocycles. The Bertz CT molecular complexity index is 1360. The van der Waals surface area contributed by atoms with E-state index in [1.807, 2.05) is 6.92 Å². The zero-order valence-electron chi connectivity index (χ0n) is 21.0. The Morgan fingerprint density at radius 1 is 1.18 bits per heavy atom. The van der Waals surface area contributed by atoms with Crippen LogP contribution in [-0.2, 0) is 39.8 Å². The Kier molecular flexibility index (Phi) is 7.48. The van der Waals surface area contributed by atoms with Crippen molar-refractivity contribution >= 4 is 28.7 Å². The molecule has 1 aliphatic carbocycles. The van der Waals surface area contributed by atoms with Crippen LogP contribution in [0.4, 0.5) is 13.2 Å². The number of rotatable bonds is 8. The van der Waals surface area contributed by atoms with Gasteiger partial charge in [-0.1, -0.05) is 32.4 Å². The van der Waals surface area contributed by atoms with Crippen LogP contribution in [0.3, 0.4) is 0 Å². The Labute approximate surface area is 217 Å². The molecule has 0 radical (unpaired) electrons. The summed E-state index contributed by atoms with van der Waals surface area (Å²) in [6.45, 7) is 3.63. The lowest BCUT2D eigenvalue weighted by atomic mass is 9.79. The molecule has 4 N–H and O–H groups in total. The summed E-state index contributed by atoms with van der Waals surface area (Å²) >= 11 is 0. The first-order chi connectivity index (χ1) is 17.9. The first kappa shape index (κ1) is 27.2. The minimum atomic E-state index is -4.58. The van der Waals surface area contributed by atoms with Gasteiger partial charge in [0.1, 0.15) is 11.6 Å². The lowest BCUT2D eigenvalue weighted by Gasteiger charge is -2.36. The van der Waals surface area contributed by atoms with E-state index < -0.39 is 41.1 Å². The number of halogens is 3. The van der Waals surface area contributed by atoms with Crippen LogP contribution in [0.1, 0.15) is 49.1 Å². The van der Waals surface area contributed by atoms with E-state index in [9.17, 15) is 32.7 Å². The summed E-state index contributed by atoms with van der Waals surface area (Å²) < 4.78 is 40.7. The van der Waals surface area contributed by atoms with E-state index in [0.29, 0.717) is 23.2 Å². The molecule has 38 heavy (non-hydrogen) atoms. The Morgan fingerprint density at radius 3 is 2.53 bits per heavy atom. The standard InChI is InChI=1S/C27H29F3N4O4/c1-3-15(2)22(33-21(35)13-16-8-11-31-12-9-16)24(36)34-26(25(37)38)10-7-20-18(14-26)17-5-4-6-19(23(17)32-20)27(28,29)30/h4-6,8-9,11-12,15,22,32H,3,7,10,13-14H2,1-2H3,(H,33,35)(H,34,36)(H,37,38)/t15?,22-,26+/m0/s1. The first-order valence-corrected chi connectivity index (χ1v) is 12.4. The maximum Gasteiger partial charge on any atom is 0.418 e. The van der Waals surface area contributed by atoms with Crippen LogP contribution < -0.4 is 10.6 Å². The van der Waals surface area contributed by atoms with E-state index in [-0.39, 0.29) is 42.5 Å². The molecule has 0 saturated carbocycles. The smallest absolute Gasteiger partial charge is 0.418 e. The van der Waals surface area contributed by atoms with Crippen molar-refractivity contribution in [2.45, 2.75) is 63.7 Å². The van der Waals surface area contributed by atoms with Crippen LogP contribution in [-0.4, -0.2) is 44.4 Å². The van der Waals surface area contributed by atoms with Crippen molar-refractivity contribution in [2.24, 2.45) is 5.92 Å². The number of aromatic nitrogens is 2. The van der Waals surface area contributed by atoms with Crippen LogP contribution in [0.15, 0.2) is 42.7 Å². The lowest BCUT2D eigenvalue weighted by Crippen LogP contribution is -2.62. The highest BCUT2D eigenvalue weighted by molar-refractivity contribution is 5.94. The third-order valence-corrected chi connectivity index (χ3v) is 7.31. The van der Waals surface area contributed by atoms with Gasteiger partial charge in [-0.2, -0.15) is 13.2 Å². The third kappa shape index (κ3) is 5.36. The predicted octanol–water partition coefficient (Wildman–Crippen LogP) is 3.78. The molecule has 1 aliphatic rings. The topological polar surface area (TPSA) is 124 Å². The molecule has 0 fully saturated rings. The Balaban J connectivity index is 1.60. The van der Waals surface area contributed by atoms with E-state index in [0.717, 1.165) is 6.07 Å². The molecule has 3 atom stereocenters. The number of pyridine rings is 1. The molecular formula is C27H29F3N4O4. The molecule has 1 aromatic carbocycles. The molecule has 202 valence electrons. The molecule has 11 heteroatoms. The first-order valence-electron chi connectivity index (χ1n) is 12.4. The summed E-state index contributed by atoms with van der Waals surface area (Å²) in [5.41, 5.74) is -1.01. The highest BCUT2D eigenvalue weighted by Gasteiger charge is 2.46. The molecular weight excluding hydrogens is 501 g/mol. The SMILES string of the molecule is CCC(C)[C@H](NC(=O)Cc1ccncc1)C(=O)N[C@]1(C(=O)O)CCc2[nH]c3c(C(F)(F)F)cccc3c2C1. The number of nitrogens with one attached hydrogen (secondary N) is 3. The molecule has 0 spiro atoms. The number of H-pyrrole nitrogens is 1. The monoisotopic (exact) mass is 530 g/mol. The number of carbonyl (C=O) groups excluding carboxylic acids is 2. The molecule has 2 aromatic heterocycles. The molecule has 0 saturated heterocycles. The maximum atomic E-state index is 13.6. The van der Waals surface area contributed by atoms with Crippen molar-refractivity contribution in [2.75, 3.05) is 0 Å². The highest BCUT2D eigenvalue weighted by atomic mass is 19.4. The van der Waals surface area contributed by atoms with Gasteiger partial charge in [0, 0.05) is 29.9 Å². The van der Waals surface area contributed by atoms with Crippen molar-refractivity contribution < 1.29 is 32.7 Å². The number of hydrogen-bond donors (Lipinski definition) is 4. The van der Waals surface area contributed by atoms with Gasteiger partial charge >= 0.3 is 12.1 Å². The van der Waals surface area contributed by atoms with Gasteiger partial charge in [0.25, 0.3) is 0 Å². The summed E-state index contributed by atoms with van der Waals surface area (Å²) in [7, 11) is 0. The molecule has 2 heterocycles. The number of alkyl halides is 3. The number of fused-ring (bicyclic) bond motifs is 3. The molecule has 8 nitrogen and oxygen atoms in total. The van der Waals surface area contributed by atoms with E-state index in [2.05, 4.69) is 20.6 Å². The van der Waals surface area contributed by atoms with Gasteiger partial charge in [0.15, 0.2) is 0 Å². The number of carboxylic acid groups (broad SMARTS) is 1.